The van der Waals surface area contributed by atoms with Gasteiger partial charge in [0.1, 0.15) is 11.6 Å². The first-order valence-electron chi connectivity index (χ1n) is 7.18. The molecule has 7 heteroatoms. The van der Waals surface area contributed by atoms with E-state index >= 15 is 0 Å². The number of rotatable bonds is 6. The predicted octanol–water partition coefficient (Wildman–Crippen LogP) is 3.66. The third kappa shape index (κ3) is 5.34. The zero-order valence-electron chi connectivity index (χ0n) is 12.9. The minimum absolute atomic E-state index is 0.0449. The summed E-state index contributed by atoms with van der Waals surface area (Å²) < 4.78 is 26.3. The van der Waals surface area contributed by atoms with E-state index in [1.165, 1.54) is 42.5 Å². The van der Waals surface area contributed by atoms with Gasteiger partial charge >= 0.3 is 0 Å². The molecule has 2 rings (SSSR count). The van der Waals surface area contributed by atoms with E-state index in [4.69, 9.17) is 0 Å². The van der Waals surface area contributed by atoms with Gasteiger partial charge in [0.05, 0.1) is 16.7 Å². The first-order chi connectivity index (χ1) is 11.5. The van der Waals surface area contributed by atoms with Gasteiger partial charge in [-0.05, 0) is 43.3 Å². The monoisotopic (exact) mass is 350 g/mol. The zero-order valence-corrected chi connectivity index (χ0v) is 13.7. The molecule has 1 unspecified atom stereocenters. The van der Waals surface area contributed by atoms with Crippen molar-refractivity contribution in [2.45, 2.75) is 12.2 Å². The summed E-state index contributed by atoms with van der Waals surface area (Å²) in [5, 5.41) is 4.55. The van der Waals surface area contributed by atoms with Crippen LogP contribution < -0.4 is 10.6 Å². The summed E-state index contributed by atoms with van der Waals surface area (Å²) in [4.78, 5) is 23.8. The average molecular weight is 350 g/mol. The lowest BCUT2D eigenvalue weighted by Crippen LogP contribution is -2.25. The second-order valence-electron chi connectivity index (χ2n) is 4.98. The first kappa shape index (κ1) is 17.9. The Morgan fingerprint density at radius 1 is 1.04 bits per heavy atom. The van der Waals surface area contributed by atoms with Crippen LogP contribution in [0.25, 0.3) is 0 Å². The Hall–Kier alpha value is -2.41. The smallest absolute Gasteiger partial charge is 0.237 e. The van der Waals surface area contributed by atoms with Crippen molar-refractivity contribution in [1.82, 2.24) is 0 Å². The molecule has 126 valence electrons. The highest BCUT2D eigenvalue weighted by Crippen LogP contribution is 2.17. The third-order valence-electron chi connectivity index (χ3n) is 3.09. The molecule has 0 bridgehead atoms. The molecule has 0 saturated heterocycles. The van der Waals surface area contributed by atoms with E-state index in [0.717, 1.165) is 11.8 Å². The van der Waals surface area contributed by atoms with Crippen molar-refractivity contribution in [3.63, 3.8) is 0 Å². The summed E-state index contributed by atoms with van der Waals surface area (Å²) in [6.07, 6.45) is 0. The van der Waals surface area contributed by atoms with E-state index in [9.17, 15) is 18.4 Å². The average Bonchev–Trinajstić information content (AvgIpc) is 2.56. The molecular weight excluding hydrogens is 334 g/mol. The van der Waals surface area contributed by atoms with Crippen molar-refractivity contribution in [2.24, 2.45) is 0 Å². The van der Waals surface area contributed by atoms with Crippen molar-refractivity contribution in [3.05, 3.63) is 60.2 Å². The minimum atomic E-state index is -0.538. The van der Waals surface area contributed by atoms with Crippen molar-refractivity contribution in [3.8, 4) is 0 Å². The highest BCUT2D eigenvalue weighted by Gasteiger charge is 2.16. The zero-order chi connectivity index (χ0) is 17.5. The van der Waals surface area contributed by atoms with E-state index in [1.54, 1.807) is 13.0 Å². The summed E-state index contributed by atoms with van der Waals surface area (Å²) in [5.41, 5.74) is 0.580. The van der Waals surface area contributed by atoms with Crippen LogP contribution in [0.5, 0.6) is 0 Å². The Balaban J connectivity index is 1.80. The highest BCUT2D eigenvalue weighted by molar-refractivity contribution is 8.01. The van der Waals surface area contributed by atoms with Crippen LogP contribution in [0.4, 0.5) is 20.2 Å². The Labute approximate surface area is 142 Å². The molecule has 2 aromatic carbocycles. The minimum Gasteiger partial charge on any atom is -0.325 e. The molecule has 2 N–H and O–H groups in total. The molecule has 0 aliphatic carbocycles. The van der Waals surface area contributed by atoms with Gasteiger partial charge in [-0.25, -0.2) is 8.78 Å². The van der Waals surface area contributed by atoms with E-state index < -0.39 is 11.1 Å². The number of halogens is 2. The van der Waals surface area contributed by atoms with Gasteiger partial charge in [-0.3, -0.25) is 9.59 Å². The maximum absolute atomic E-state index is 13.5. The Bertz CT molecular complexity index is 723. The molecule has 0 aromatic heterocycles. The lowest BCUT2D eigenvalue weighted by atomic mass is 10.3. The Kier molecular flexibility index (Phi) is 6.31. The fourth-order valence-corrected chi connectivity index (χ4v) is 2.49. The van der Waals surface area contributed by atoms with Crippen LogP contribution in [0.2, 0.25) is 0 Å². The van der Waals surface area contributed by atoms with Crippen LogP contribution in [0.3, 0.4) is 0 Å². The van der Waals surface area contributed by atoms with Crippen molar-refractivity contribution < 1.29 is 18.4 Å². The molecule has 24 heavy (non-hydrogen) atoms. The fraction of sp³-hybridized carbons (Fsp3) is 0.176. The summed E-state index contributed by atoms with van der Waals surface area (Å²) in [6.45, 7) is 1.63. The Morgan fingerprint density at radius 2 is 1.71 bits per heavy atom. The van der Waals surface area contributed by atoms with Crippen LogP contribution in [0.15, 0.2) is 48.5 Å². The van der Waals surface area contributed by atoms with Crippen molar-refractivity contribution >= 4 is 35.0 Å². The molecular formula is C17H16F2N2O2S. The van der Waals surface area contributed by atoms with Crippen molar-refractivity contribution in [1.29, 1.82) is 0 Å². The van der Waals surface area contributed by atoms with Crippen LogP contribution in [-0.2, 0) is 9.59 Å². The number of anilines is 2. The third-order valence-corrected chi connectivity index (χ3v) is 4.24. The number of carbonyl (C=O) groups excluding carboxylic acids is 2. The van der Waals surface area contributed by atoms with Crippen LogP contribution in [-0.4, -0.2) is 22.8 Å². The van der Waals surface area contributed by atoms with Gasteiger partial charge in [-0.2, -0.15) is 0 Å². The van der Waals surface area contributed by atoms with Gasteiger partial charge in [-0.1, -0.05) is 12.1 Å². The van der Waals surface area contributed by atoms with E-state index in [1.807, 2.05) is 0 Å². The van der Waals surface area contributed by atoms with Gasteiger partial charge in [0.25, 0.3) is 0 Å². The number of para-hydroxylation sites is 1. The number of nitrogens with one attached hydrogen (secondary N) is 2. The quantitative estimate of drug-likeness (QED) is 0.836. The van der Waals surface area contributed by atoms with Crippen LogP contribution in [0.1, 0.15) is 6.92 Å². The highest BCUT2D eigenvalue weighted by atomic mass is 32.2. The largest absolute Gasteiger partial charge is 0.325 e. The molecule has 0 aliphatic rings. The molecule has 0 aliphatic heterocycles. The van der Waals surface area contributed by atoms with Gasteiger partial charge in [0.2, 0.25) is 11.8 Å². The topological polar surface area (TPSA) is 58.2 Å². The SMILES string of the molecule is CC(SCC(=O)Nc1ccc(F)cc1)C(=O)Nc1ccccc1F. The molecule has 1 atom stereocenters. The molecule has 0 radical (unpaired) electrons. The lowest BCUT2D eigenvalue weighted by Gasteiger charge is -2.12. The second kappa shape index (κ2) is 8.44. The Morgan fingerprint density at radius 3 is 2.38 bits per heavy atom. The maximum Gasteiger partial charge on any atom is 0.237 e. The molecule has 2 amide bonds. The number of carbonyl (C=O) groups is 2. The van der Waals surface area contributed by atoms with E-state index in [2.05, 4.69) is 10.6 Å². The van der Waals surface area contributed by atoms with Crippen LogP contribution >= 0.6 is 11.8 Å². The molecule has 0 heterocycles. The van der Waals surface area contributed by atoms with E-state index in [-0.39, 0.29) is 29.1 Å². The lowest BCUT2D eigenvalue weighted by molar-refractivity contribution is -0.115. The van der Waals surface area contributed by atoms with Gasteiger partial charge in [-0.15, -0.1) is 11.8 Å². The standard InChI is InChI=1S/C17H16F2N2O2S/c1-11(17(23)21-15-5-3-2-4-14(15)19)24-10-16(22)20-13-8-6-12(18)7-9-13/h2-9,11H,10H2,1H3,(H,20,22)(H,21,23). The number of benzene rings is 2. The predicted molar refractivity (Wildman–Crippen MR) is 92.0 cm³/mol. The van der Waals surface area contributed by atoms with Crippen molar-refractivity contribution in [2.75, 3.05) is 16.4 Å². The van der Waals surface area contributed by atoms with E-state index in [0.29, 0.717) is 5.69 Å². The molecule has 0 fully saturated rings. The molecule has 2 aromatic rings. The summed E-state index contributed by atoms with van der Waals surface area (Å²) in [7, 11) is 0. The first-order valence-corrected chi connectivity index (χ1v) is 8.23. The van der Waals surface area contributed by atoms with Gasteiger partial charge in [0.15, 0.2) is 0 Å². The second-order valence-corrected chi connectivity index (χ2v) is 6.31. The normalized spacial score (nSPS) is 11.6. The van der Waals surface area contributed by atoms with Gasteiger partial charge < -0.3 is 10.6 Å². The molecule has 0 spiro atoms. The summed E-state index contributed by atoms with van der Waals surface area (Å²) in [6, 6.07) is 11.3. The number of hydrogen-bond donors (Lipinski definition) is 2. The van der Waals surface area contributed by atoms with Gasteiger partial charge in [0, 0.05) is 5.69 Å². The summed E-state index contributed by atoms with van der Waals surface area (Å²) in [5.74, 6) is -1.56. The molecule has 0 saturated carbocycles. The number of hydrogen-bond acceptors (Lipinski definition) is 3. The number of amides is 2. The van der Waals surface area contributed by atoms with Crippen LogP contribution in [0, 0.1) is 11.6 Å². The maximum atomic E-state index is 13.5. The number of thioether (sulfide) groups is 1. The summed E-state index contributed by atoms with van der Waals surface area (Å²) >= 11 is 1.12. The fourth-order valence-electron chi connectivity index (χ4n) is 1.80. The molecule has 4 nitrogen and oxygen atoms in total.